The Morgan fingerprint density at radius 2 is 1.90 bits per heavy atom. The molecule has 1 unspecified atom stereocenters. The van der Waals surface area contributed by atoms with Crippen molar-refractivity contribution in [3.8, 4) is 0 Å². The fraction of sp³-hybridized carbons (Fsp3) is 0.286. The van der Waals surface area contributed by atoms with Gasteiger partial charge in [0.25, 0.3) is 0 Å². The maximum atomic E-state index is 12.7. The van der Waals surface area contributed by atoms with Crippen molar-refractivity contribution in [3.05, 3.63) is 41.5 Å². The molecule has 0 bridgehead atoms. The summed E-state index contributed by atoms with van der Waals surface area (Å²) < 4.78 is 38.1. The van der Waals surface area contributed by atoms with Gasteiger partial charge in [-0.1, -0.05) is 31.2 Å². The molecule has 3 nitrogen and oxygen atoms in total. The smallest absolute Gasteiger partial charge is 0.416 e. The molecule has 0 fully saturated rings. The van der Waals surface area contributed by atoms with Crippen LogP contribution in [-0.2, 0) is 15.8 Å². The van der Waals surface area contributed by atoms with E-state index in [0.29, 0.717) is 0 Å². The van der Waals surface area contributed by atoms with Crippen LogP contribution in [0.15, 0.2) is 30.3 Å². The molecular formula is C14H13F3O3. The number of benzene rings is 1. The van der Waals surface area contributed by atoms with Crippen LogP contribution >= 0.6 is 0 Å². The Kier molecular flexibility index (Phi) is 5.07. The molecule has 0 radical (unpaired) electrons. The molecule has 1 aromatic carbocycles. The first kappa shape index (κ1) is 15.9. The molecule has 0 amide bonds. The van der Waals surface area contributed by atoms with Gasteiger partial charge in [0.15, 0.2) is 5.78 Å². The van der Waals surface area contributed by atoms with Gasteiger partial charge in [-0.25, -0.2) is 0 Å². The van der Waals surface area contributed by atoms with Crippen LogP contribution in [0.5, 0.6) is 0 Å². The Hall–Kier alpha value is -2.11. The zero-order valence-electron chi connectivity index (χ0n) is 10.6. The summed E-state index contributed by atoms with van der Waals surface area (Å²) in [6, 6.07) is 4.77. The minimum atomic E-state index is -4.53. The largest absolute Gasteiger partial charge is 0.481 e. The SMILES string of the molecule is CCC(C(=O)O)C(=O)/C=C\c1ccccc1C(F)(F)F. The number of hydrogen-bond donors (Lipinski definition) is 1. The highest BCUT2D eigenvalue weighted by molar-refractivity contribution is 6.06. The van der Waals surface area contributed by atoms with E-state index < -0.39 is 29.4 Å². The number of rotatable bonds is 5. The molecule has 0 aliphatic rings. The predicted octanol–water partition coefficient (Wildman–Crippen LogP) is 3.40. The highest BCUT2D eigenvalue weighted by atomic mass is 19.4. The molecule has 6 heteroatoms. The Labute approximate surface area is 113 Å². The van der Waals surface area contributed by atoms with Crippen LogP contribution < -0.4 is 0 Å². The summed E-state index contributed by atoms with van der Waals surface area (Å²) in [4.78, 5) is 22.4. The van der Waals surface area contributed by atoms with Crippen LogP contribution in [-0.4, -0.2) is 16.9 Å². The fourth-order valence-corrected chi connectivity index (χ4v) is 1.69. The second kappa shape index (κ2) is 6.36. The van der Waals surface area contributed by atoms with Crippen molar-refractivity contribution in [2.75, 3.05) is 0 Å². The summed E-state index contributed by atoms with van der Waals surface area (Å²) in [6.07, 6.45) is -2.57. The third-order valence-electron chi connectivity index (χ3n) is 2.74. The molecule has 20 heavy (non-hydrogen) atoms. The first-order valence-electron chi connectivity index (χ1n) is 5.88. The van der Waals surface area contributed by atoms with Crippen LogP contribution in [0, 0.1) is 5.92 Å². The molecule has 0 aliphatic carbocycles. The highest BCUT2D eigenvalue weighted by Gasteiger charge is 2.32. The van der Waals surface area contributed by atoms with Crippen molar-refractivity contribution in [2.24, 2.45) is 5.92 Å². The lowest BCUT2D eigenvalue weighted by Crippen LogP contribution is -2.21. The minimum absolute atomic E-state index is 0.0828. The zero-order chi connectivity index (χ0) is 15.3. The third kappa shape index (κ3) is 3.94. The van der Waals surface area contributed by atoms with Crippen LogP contribution in [0.2, 0.25) is 0 Å². The van der Waals surface area contributed by atoms with E-state index in [0.717, 1.165) is 18.2 Å². The summed E-state index contributed by atoms with van der Waals surface area (Å²) in [7, 11) is 0. The maximum absolute atomic E-state index is 12.7. The number of carbonyl (C=O) groups is 2. The van der Waals surface area contributed by atoms with Crippen molar-refractivity contribution >= 4 is 17.8 Å². The number of carboxylic acids is 1. The third-order valence-corrected chi connectivity index (χ3v) is 2.74. The summed E-state index contributed by atoms with van der Waals surface area (Å²) in [5.74, 6) is -3.24. The van der Waals surface area contributed by atoms with Gasteiger partial charge in [-0.15, -0.1) is 0 Å². The minimum Gasteiger partial charge on any atom is -0.481 e. The van der Waals surface area contributed by atoms with Gasteiger partial charge in [0.2, 0.25) is 0 Å². The normalized spacial score (nSPS) is 13.4. The number of carboxylic acid groups (broad SMARTS) is 1. The molecule has 0 aliphatic heterocycles. The Balaban J connectivity index is 3.02. The number of halogens is 3. The molecule has 0 aromatic heterocycles. The van der Waals surface area contributed by atoms with Crippen molar-refractivity contribution in [3.63, 3.8) is 0 Å². The van der Waals surface area contributed by atoms with E-state index in [2.05, 4.69) is 0 Å². The molecule has 1 N–H and O–H groups in total. The summed E-state index contributed by atoms with van der Waals surface area (Å²) >= 11 is 0. The summed E-state index contributed by atoms with van der Waals surface area (Å²) in [5, 5.41) is 8.79. The lowest BCUT2D eigenvalue weighted by Gasteiger charge is -2.10. The van der Waals surface area contributed by atoms with Gasteiger partial charge in [0.05, 0.1) is 5.56 Å². The van der Waals surface area contributed by atoms with Crippen molar-refractivity contribution < 1.29 is 27.9 Å². The Morgan fingerprint density at radius 1 is 1.30 bits per heavy atom. The van der Waals surface area contributed by atoms with Gasteiger partial charge in [0.1, 0.15) is 5.92 Å². The molecule has 1 rings (SSSR count). The molecule has 1 atom stereocenters. The molecule has 0 heterocycles. The highest BCUT2D eigenvalue weighted by Crippen LogP contribution is 2.32. The maximum Gasteiger partial charge on any atom is 0.416 e. The van der Waals surface area contributed by atoms with Crippen LogP contribution in [0.4, 0.5) is 13.2 Å². The lowest BCUT2D eigenvalue weighted by atomic mass is 9.99. The van der Waals surface area contributed by atoms with Gasteiger partial charge in [-0.2, -0.15) is 13.2 Å². The van der Waals surface area contributed by atoms with E-state index in [-0.39, 0.29) is 12.0 Å². The number of allylic oxidation sites excluding steroid dienone is 1. The lowest BCUT2D eigenvalue weighted by molar-refractivity contribution is -0.145. The van der Waals surface area contributed by atoms with Crippen LogP contribution in [0.25, 0.3) is 6.08 Å². The number of ketones is 1. The van der Waals surface area contributed by atoms with Crippen LogP contribution in [0.1, 0.15) is 24.5 Å². The van der Waals surface area contributed by atoms with Crippen LogP contribution in [0.3, 0.4) is 0 Å². The Morgan fingerprint density at radius 3 is 2.40 bits per heavy atom. The summed E-state index contributed by atoms with van der Waals surface area (Å²) in [5.41, 5.74) is -1.04. The van der Waals surface area contributed by atoms with E-state index in [1.165, 1.54) is 25.1 Å². The van der Waals surface area contributed by atoms with Gasteiger partial charge < -0.3 is 5.11 Å². The molecule has 108 valence electrons. The van der Waals surface area contributed by atoms with Gasteiger partial charge in [-0.3, -0.25) is 9.59 Å². The van der Waals surface area contributed by atoms with Gasteiger partial charge in [-0.05, 0) is 24.1 Å². The fourth-order valence-electron chi connectivity index (χ4n) is 1.69. The van der Waals surface area contributed by atoms with Crippen molar-refractivity contribution in [2.45, 2.75) is 19.5 Å². The van der Waals surface area contributed by atoms with E-state index >= 15 is 0 Å². The van der Waals surface area contributed by atoms with Gasteiger partial charge >= 0.3 is 12.1 Å². The Bertz CT molecular complexity index is 533. The van der Waals surface area contributed by atoms with E-state index in [4.69, 9.17) is 5.11 Å². The van der Waals surface area contributed by atoms with Gasteiger partial charge in [0, 0.05) is 0 Å². The zero-order valence-corrected chi connectivity index (χ0v) is 10.6. The first-order valence-corrected chi connectivity index (χ1v) is 5.88. The standard InChI is InChI=1S/C14H13F3O3/c1-2-10(13(19)20)12(18)8-7-9-5-3-4-6-11(9)14(15,16)17/h3-8,10H,2H2,1H3,(H,19,20)/b8-7-. The van der Waals surface area contributed by atoms with Crippen molar-refractivity contribution in [1.82, 2.24) is 0 Å². The quantitative estimate of drug-likeness (QED) is 0.666. The second-order valence-corrected chi connectivity index (χ2v) is 4.12. The molecule has 1 aromatic rings. The molecular weight excluding hydrogens is 273 g/mol. The number of alkyl halides is 3. The monoisotopic (exact) mass is 286 g/mol. The number of carbonyl (C=O) groups excluding carboxylic acids is 1. The van der Waals surface area contributed by atoms with Crippen molar-refractivity contribution in [1.29, 1.82) is 0 Å². The average molecular weight is 286 g/mol. The summed E-state index contributed by atoms with van der Waals surface area (Å²) in [6.45, 7) is 1.52. The number of hydrogen-bond acceptors (Lipinski definition) is 2. The first-order chi connectivity index (χ1) is 9.27. The molecule has 0 saturated heterocycles. The van der Waals surface area contributed by atoms with E-state index in [9.17, 15) is 22.8 Å². The average Bonchev–Trinajstić information content (AvgIpc) is 2.36. The van der Waals surface area contributed by atoms with E-state index in [1.807, 2.05) is 0 Å². The second-order valence-electron chi connectivity index (χ2n) is 4.12. The topological polar surface area (TPSA) is 54.4 Å². The number of aliphatic carboxylic acids is 1. The molecule has 0 spiro atoms. The predicted molar refractivity (Wildman–Crippen MR) is 66.9 cm³/mol. The van der Waals surface area contributed by atoms with E-state index in [1.54, 1.807) is 0 Å². The molecule has 0 saturated carbocycles.